The third-order valence-corrected chi connectivity index (χ3v) is 2.48. The second-order valence-corrected chi connectivity index (χ2v) is 3.70. The van der Waals surface area contributed by atoms with Crippen molar-refractivity contribution in [2.75, 3.05) is 0 Å². The van der Waals surface area contributed by atoms with Gasteiger partial charge in [0, 0.05) is 4.88 Å². The van der Waals surface area contributed by atoms with E-state index < -0.39 is 16.7 Å². The van der Waals surface area contributed by atoms with Crippen molar-refractivity contribution in [3.05, 3.63) is 27.2 Å². The minimum atomic E-state index is -4.56. The van der Waals surface area contributed by atoms with E-state index in [-0.39, 0.29) is 11.4 Å². The van der Waals surface area contributed by atoms with E-state index in [0.29, 0.717) is 15.9 Å². The summed E-state index contributed by atoms with van der Waals surface area (Å²) in [6, 6.07) is 0. The maximum absolute atomic E-state index is 12.5. The average Bonchev–Trinajstić information content (AvgIpc) is 2.36. The number of rotatable bonds is 1. The fourth-order valence-corrected chi connectivity index (χ4v) is 1.86. The monoisotopic (exact) mass is 234 g/mol. The SMILES string of the molecule is [CH2]c1sc(=O)n(CC#CC)c1C(F)(F)F. The lowest BCUT2D eigenvalue weighted by Crippen LogP contribution is -2.21. The number of hydrogen-bond donors (Lipinski definition) is 0. The van der Waals surface area contributed by atoms with E-state index in [9.17, 15) is 18.0 Å². The van der Waals surface area contributed by atoms with Crippen molar-refractivity contribution in [1.82, 2.24) is 4.57 Å². The van der Waals surface area contributed by atoms with Crippen molar-refractivity contribution < 1.29 is 13.2 Å². The van der Waals surface area contributed by atoms with E-state index in [1.165, 1.54) is 6.92 Å². The van der Waals surface area contributed by atoms with Crippen LogP contribution in [0, 0.1) is 18.8 Å². The van der Waals surface area contributed by atoms with Gasteiger partial charge in [0.25, 0.3) is 0 Å². The third-order valence-electron chi connectivity index (χ3n) is 1.65. The quantitative estimate of drug-likeness (QED) is 0.682. The number of halogens is 3. The molecule has 0 fully saturated rings. The van der Waals surface area contributed by atoms with Crippen molar-refractivity contribution in [3.8, 4) is 11.8 Å². The molecule has 1 radical (unpaired) electrons. The second-order valence-electron chi connectivity index (χ2n) is 2.65. The molecular weight excluding hydrogens is 227 g/mol. The first kappa shape index (κ1) is 11.9. The van der Waals surface area contributed by atoms with Crippen LogP contribution in [0.2, 0.25) is 0 Å². The Kier molecular flexibility index (Phi) is 3.25. The highest BCUT2D eigenvalue weighted by molar-refractivity contribution is 7.09. The minimum Gasteiger partial charge on any atom is -0.283 e. The first-order valence-electron chi connectivity index (χ1n) is 3.90. The zero-order chi connectivity index (χ0) is 11.6. The molecule has 0 saturated carbocycles. The fraction of sp³-hybridized carbons (Fsp3) is 0.333. The van der Waals surface area contributed by atoms with Crippen molar-refractivity contribution >= 4 is 11.3 Å². The van der Waals surface area contributed by atoms with Crippen molar-refractivity contribution in [2.45, 2.75) is 19.6 Å². The third kappa shape index (κ3) is 2.42. The van der Waals surface area contributed by atoms with Crippen LogP contribution < -0.4 is 4.87 Å². The number of aromatic nitrogens is 1. The van der Waals surface area contributed by atoms with E-state index in [2.05, 4.69) is 18.8 Å². The first-order chi connectivity index (χ1) is 6.88. The van der Waals surface area contributed by atoms with E-state index in [1.54, 1.807) is 0 Å². The molecule has 0 N–H and O–H groups in total. The predicted molar refractivity (Wildman–Crippen MR) is 51.5 cm³/mol. The summed E-state index contributed by atoms with van der Waals surface area (Å²) in [5.74, 6) is 4.86. The molecule has 15 heavy (non-hydrogen) atoms. The van der Waals surface area contributed by atoms with Crippen LogP contribution in [0.15, 0.2) is 4.79 Å². The van der Waals surface area contributed by atoms with E-state index in [0.717, 1.165) is 0 Å². The highest BCUT2D eigenvalue weighted by atomic mass is 32.1. The lowest BCUT2D eigenvalue weighted by molar-refractivity contribution is -0.143. The average molecular weight is 234 g/mol. The van der Waals surface area contributed by atoms with Crippen molar-refractivity contribution in [2.24, 2.45) is 0 Å². The summed E-state index contributed by atoms with van der Waals surface area (Å²) >= 11 is 0.482. The Morgan fingerprint density at radius 2 is 2.13 bits per heavy atom. The molecule has 0 atom stereocenters. The number of alkyl halides is 3. The maximum atomic E-state index is 12.5. The second kappa shape index (κ2) is 4.11. The van der Waals surface area contributed by atoms with Crippen LogP contribution in [0.3, 0.4) is 0 Å². The lowest BCUT2D eigenvalue weighted by Gasteiger charge is -2.08. The molecule has 0 saturated heterocycles. The zero-order valence-electron chi connectivity index (χ0n) is 7.81. The molecule has 81 valence electrons. The van der Waals surface area contributed by atoms with Gasteiger partial charge in [0.1, 0.15) is 5.69 Å². The molecule has 6 heteroatoms. The highest BCUT2D eigenvalue weighted by Gasteiger charge is 2.37. The van der Waals surface area contributed by atoms with Crippen LogP contribution >= 0.6 is 11.3 Å². The van der Waals surface area contributed by atoms with Gasteiger partial charge in [-0.2, -0.15) is 13.2 Å². The van der Waals surface area contributed by atoms with Gasteiger partial charge in [0.2, 0.25) is 0 Å². The Hall–Kier alpha value is -1.22. The zero-order valence-corrected chi connectivity index (χ0v) is 8.63. The molecule has 0 spiro atoms. The molecular formula is C9H7F3NOS. The van der Waals surface area contributed by atoms with Crippen LogP contribution in [0.4, 0.5) is 13.2 Å². The summed E-state index contributed by atoms with van der Waals surface area (Å²) in [6.07, 6.45) is -4.56. The van der Waals surface area contributed by atoms with Gasteiger partial charge in [-0.05, 0) is 13.8 Å². The van der Waals surface area contributed by atoms with Gasteiger partial charge in [-0.25, -0.2) is 0 Å². The smallest absolute Gasteiger partial charge is 0.283 e. The summed E-state index contributed by atoms with van der Waals surface area (Å²) in [5.41, 5.74) is -1.000. The molecule has 0 bridgehead atoms. The van der Waals surface area contributed by atoms with E-state index in [4.69, 9.17) is 0 Å². The van der Waals surface area contributed by atoms with Crippen LogP contribution in [0.25, 0.3) is 0 Å². The summed E-state index contributed by atoms with van der Waals surface area (Å²) < 4.78 is 38.1. The Morgan fingerprint density at radius 1 is 1.53 bits per heavy atom. The van der Waals surface area contributed by atoms with Gasteiger partial charge in [-0.1, -0.05) is 17.3 Å². The summed E-state index contributed by atoms with van der Waals surface area (Å²) in [4.78, 5) is 10.2. The van der Waals surface area contributed by atoms with Gasteiger partial charge in [-0.3, -0.25) is 9.36 Å². The predicted octanol–water partition coefficient (Wildman–Crippen LogP) is 2.13. The first-order valence-corrected chi connectivity index (χ1v) is 4.72. The lowest BCUT2D eigenvalue weighted by atomic mass is 10.3. The van der Waals surface area contributed by atoms with E-state index >= 15 is 0 Å². The molecule has 1 rings (SSSR count). The normalized spacial score (nSPS) is 11.0. The molecule has 0 aromatic carbocycles. The number of nitrogens with zero attached hydrogens (tertiary/aromatic N) is 1. The van der Waals surface area contributed by atoms with Crippen LogP contribution in [0.5, 0.6) is 0 Å². The molecule has 1 aromatic heterocycles. The van der Waals surface area contributed by atoms with E-state index in [1.807, 2.05) is 0 Å². The maximum Gasteiger partial charge on any atom is 0.432 e. The summed E-state index contributed by atoms with van der Waals surface area (Å²) in [6.45, 7) is 4.45. The van der Waals surface area contributed by atoms with Gasteiger partial charge in [0.05, 0.1) is 6.54 Å². The van der Waals surface area contributed by atoms with Crippen LogP contribution in [0.1, 0.15) is 17.5 Å². The molecule has 0 aliphatic heterocycles. The Morgan fingerprint density at radius 3 is 2.60 bits per heavy atom. The minimum absolute atomic E-state index is 0.254. The van der Waals surface area contributed by atoms with Crippen molar-refractivity contribution in [3.63, 3.8) is 0 Å². The summed E-state index contributed by atoms with van der Waals surface area (Å²) in [7, 11) is 0. The highest BCUT2D eigenvalue weighted by Crippen LogP contribution is 2.32. The van der Waals surface area contributed by atoms with Gasteiger partial charge >= 0.3 is 11.0 Å². The number of hydrogen-bond acceptors (Lipinski definition) is 2. The van der Waals surface area contributed by atoms with Crippen molar-refractivity contribution in [1.29, 1.82) is 0 Å². The molecule has 1 heterocycles. The summed E-state index contributed by atoms with van der Waals surface area (Å²) in [5, 5.41) is 0. The van der Waals surface area contributed by atoms with Crippen LogP contribution in [-0.4, -0.2) is 4.57 Å². The molecule has 0 unspecified atom stereocenters. The standard InChI is InChI=1S/C9H7F3NOS/c1-3-4-5-13-7(9(10,11)12)6(2)15-8(13)14/h2,5H2,1H3. The Balaban J connectivity index is 3.34. The molecule has 0 aliphatic carbocycles. The largest absolute Gasteiger partial charge is 0.432 e. The Bertz CT molecular complexity index is 472. The molecule has 2 nitrogen and oxygen atoms in total. The van der Waals surface area contributed by atoms with Gasteiger partial charge in [0.15, 0.2) is 0 Å². The number of thiazole rings is 1. The molecule has 0 aliphatic rings. The molecule has 0 amide bonds. The van der Waals surface area contributed by atoms with Gasteiger partial charge < -0.3 is 0 Å². The molecule has 1 aromatic rings. The Labute approximate surface area is 88.3 Å². The fourth-order valence-electron chi connectivity index (χ4n) is 1.06. The topological polar surface area (TPSA) is 22.0 Å². The van der Waals surface area contributed by atoms with Gasteiger partial charge in [-0.15, -0.1) is 5.92 Å². The van der Waals surface area contributed by atoms with Crippen LogP contribution in [-0.2, 0) is 12.7 Å².